The van der Waals surface area contributed by atoms with Gasteiger partial charge < -0.3 is 19.3 Å². The van der Waals surface area contributed by atoms with Crippen LogP contribution < -0.4 is 9.47 Å². The van der Waals surface area contributed by atoms with Crippen LogP contribution in [0.15, 0.2) is 18.2 Å². The summed E-state index contributed by atoms with van der Waals surface area (Å²) in [6, 6.07) is 6.52. The summed E-state index contributed by atoms with van der Waals surface area (Å²) in [6.45, 7) is 3.05. The van der Waals surface area contributed by atoms with Crippen molar-refractivity contribution in [3.05, 3.63) is 23.8 Å². The third kappa shape index (κ3) is 4.90. The molecule has 1 atom stereocenters. The van der Waals surface area contributed by atoms with Crippen molar-refractivity contribution in [3.8, 4) is 11.5 Å². The van der Waals surface area contributed by atoms with E-state index in [9.17, 15) is 5.11 Å². The molecular weight excluding hydrogens is 330 g/mol. The lowest BCUT2D eigenvalue weighted by molar-refractivity contribution is -0.00232. The van der Waals surface area contributed by atoms with Gasteiger partial charge in [0.15, 0.2) is 11.5 Å². The Bertz CT molecular complexity index is 583. The van der Waals surface area contributed by atoms with E-state index in [1.165, 1.54) is 44.9 Å². The fraction of sp³-hybridized carbons (Fsp3) is 0.714. The van der Waals surface area contributed by atoms with Gasteiger partial charge in [-0.3, -0.25) is 4.90 Å². The lowest BCUT2D eigenvalue weighted by atomic mass is 9.93. The van der Waals surface area contributed by atoms with Crippen LogP contribution in [0.2, 0.25) is 0 Å². The van der Waals surface area contributed by atoms with E-state index in [1.807, 2.05) is 18.2 Å². The summed E-state index contributed by atoms with van der Waals surface area (Å²) in [5, 5.41) is 10.5. The highest BCUT2D eigenvalue weighted by Gasteiger charge is 2.30. The van der Waals surface area contributed by atoms with E-state index in [2.05, 4.69) is 4.90 Å². The summed E-state index contributed by atoms with van der Waals surface area (Å²) in [4.78, 5) is 2.55. The predicted octanol–water partition coefficient (Wildman–Crippen LogP) is 3.34. The summed E-state index contributed by atoms with van der Waals surface area (Å²) in [5.41, 5.74) is 1.04. The highest BCUT2D eigenvalue weighted by atomic mass is 16.7. The molecule has 0 aromatic heterocycles. The molecular formula is C21H31NO4. The Kier molecular flexibility index (Phi) is 5.98. The van der Waals surface area contributed by atoms with Crippen LogP contribution in [0, 0.1) is 5.92 Å². The van der Waals surface area contributed by atoms with Gasteiger partial charge in [0.05, 0.1) is 19.3 Å². The molecule has 0 spiro atoms. The number of hydrogen-bond donors (Lipinski definition) is 1. The van der Waals surface area contributed by atoms with Crippen molar-refractivity contribution in [2.45, 2.75) is 63.7 Å². The molecule has 144 valence electrons. The van der Waals surface area contributed by atoms with E-state index in [0.717, 1.165) is 36.1 Å². The Morgan fingerprint density at radius 1 is 1.08 bits per heavy atom. The summed E-state index contributed by atoms with van der Waals surface area (Å²) in [5.74, 6) is 2.43. The smallest absolute Gasteiger partial charge is 0.231 e. The summed E-state index contributed by atoms with van der Waals surface area (Å²) in [6.07, 6.45) is 8.92. The van der Waals surface area contributed by atoms with E-state index in [0.29, 0.717) is 19.3 Å². The zero-order valence-corrected chi connectivity index (χ0v) is 15.6. The van der Waals surface area contributed by atoms with E-state index < -0.39 is 6.10 Å². The lowest BCUT2D eigenvalue weighted by Gasteiger charge is -2.35. The van der Waals surface area contributed by atoms with E-state index in [4.69, 9.17) is 14.2 Å². The molecule has 1 unspecified atom stereocenters. The number of fused-ring (bicyclic) bond motifs is 1. The van der Waals surface area contributed by atoms with Gasteiger partial charge in [-0.15, -0.1) is 0 Å². The van der Waals surface area contributed by atoms with Crippen molar-refractivity contribution < 1.29 is 19.3 Å². The molecule has 1 heterocycles. The average Bonchev–Trinajstić information content (AvgIpc) is 3.36. The topological polar surface area (TPSA) is 51.2 Å². The van der Waals surface area contributed by atoms with Crippen molar-refractivity contribution in [2.24, 2.45) is 5.92 Å². The Balaban J connectivity index is 1.23. The average molecular weight is 361 g/mol. The first-order chi connectivity index (χ1) is 12.8. The van der Waals surface area contributed by atoms with Gasteiger partial charge in [-0.25, -0.2) is 0 Å². The largest absolute Gasteiger partial charge is 0.454 e. The van der Waals surface area contributed by atoms with E-state index >= 15 is 0 Å². The Morgan fingerprint density at radius 2 is 1.88 bits per heavy atom. The van der Waals surface area contributed by atoms with Crippen molar-refractivity contribution in [2.75, 3.05) is 26.5 Å². The van der Waals surface area contributed by atoms with Crippen LogP contribution >= 0.6 is 0 Å². The van der Waals surface area contributed by atoms with Gasteiger partial charge in [-0.1, -0.05) is 25.3 Å². The van der Waals surface area contributed by atoms with Gasteiger partial charge in [-0.05, 0) is 49.3 Å². The second-order valence-corrected chi connectivity index (χ2v) is 8.05. The van der Waals surface area contributed by atoms with Gasteiger partial charge in [0.1, 0.15) is 0 Å². The molecule has 3 aliphatic rings. The number of aliphatic hydroxyl groups excluding tert-OH is 1. The molecule has 4 rings (SSSR count). The first-order valence-corrected chi connectivity index (χ1v) is 10.2. The molecule has 1 aromatic rings. The molecule has 5 heteroatoms. The van der Waals surface area contributed by atoms with Crippen LogP contribution in [0.25, 0.3) is 0 Å². The Labute approximate surface area is 156 Å². The standard InChI is InChI=1S/C21H31NO4/c23-19(12-22(11-16-6-7-16)18-4-2-1-3-5-18)14-24-13-17-8-9-20-21(10-17)26-15-25-20/h8-10,16,18-19,23H,1-7,11-15H2. The highest BCUT2D eigenvalue weighted by molar-refractivity contribution is 5.44. The molecule has 2 fully saturated rings. The molecule has 2 saturated carbocycles. The van der Waals surface area contributed by atoms with Gasteiger partial charge in [0, 0.05) is 19.1 Å². The minimum atomic E-state index is -0.426. The maximum atomic E-state index is 10.5. The van der Waals surface area contributed by atoms with Gasteiger partial charge in [-0.2, -0.15) is 0 Å². The van der Waals surface area contributed by atoms with Crippen molar-refractivity contribution in [1.29, 1.82) is 0 Å². The monoisotopic (exact) mass is 361 g/mol. The van der Waals surface area contributed by atoms with Gasteiger partial charge in [0.25, 0.3) is 0 Å². The second-order valence-electron chi connectivity index (χ2n) is 8.05. The molecule has 0 amide bonds. The van der Waals surface area contributed by atoms with Gasteiger partial charge >= 0.3 is 0 Å². The molecule has 1 N–H and O–H groups in total. The Morgan fingerprint density at radius 3 is 2.69 bits per heavy atom. The molecule has 0 radical (unpaired) electrons. The highest BCUT2D eigenvalue weighted by Crippen LogP contribution is 2.33. The van der Waals surface area contributed by atoms with Crippen LogP contribution in [-0.4, -0.2) is 48.6 Å². The van der Waals surface area contributed by atoms with Gasteiger partial charge in [0.2, 0.25) is 6.79 Å². The van der Waals surface area contributed by atoms with Crippen molar-refractivity contribution in [1.82, 2.24) is 4.90 Å². The summed E-state index contributed by atoms with van der Waals surface area (Å²) < 4.78 is 16.5. The quantitative estimate of drug-likeness (QED) is 0.731. The number of benzene rings is 1. The molecule has 2 aliphatic carbocycles. The van der Waals surface area contributed by atoms with Crippen LogP contribution in [0.5, 0.6) is 11.5 Å². The molecule has 0 bridgehead atoms. The second kappa shape index (κ2) is 8.59. The Hall–Kier alpha value is -1.30. The number of hydrogen-bond acceptors (Lipinski definition) is 5. The third-order valence-electron chi connectivity index (χ3n) is 5.74. The first kappa shape index (κ1) is 18.1. The fourth-order valence-corrected chi connectivity index (χ4v) is 4.12. The van der Waals surface area contributed by atoms with Crippen molar-refractivity contribution in [3.63, 3.8) is 0 Å². The summed E-state index contributed by atoms with van der Waals surface area (Å²) in [7, 11) is 0. The number of nitrogens with zero attached hydrogens (tertiary/aromatic N) is 1. The normalized spacial score (nSPS) is 21.3. The molecule has 0 saturated heterocycles. The maximum absolute atomic E-state index is 10.5. The van der Waals surface area contributed by atoms with Crippen LogP contribution in [-0.2, 0) is 11.3 Å². The zero-order chi connectivity index (χ0) is 17.8. The van der Waals surface area contributed by atoms with Crippen LogP contribution in [0.3, 0.4) is 0 Å². The maximum Gasteiger partial charge on any atom is 0.231 e. The minimum Gasteiger partial charge on any atom is -0.454 e. The van der Waals surface area contributed by atoms with Crippen molar-refractivity contribution >= 4 is 0 Å². The van der Waals surface area contributed by atoms with E-state index in [1.54, 1.807) is 0 Å². The first-order valence-electron chi connectivity index (χ1n) is 10.2. The molecule has 26 heavy (non-hydrogen) atoms. The van der Waals surface area contributed by atoms with E-state index in [-0.39, 0.29) is 6.79 Å². The fourth-order valence-electron chi connectivity index (χ4n) is 4.12. The lowest BCUT2D eigenvalue weighted by Crippen LogP contribution is -2.43. The minimum absolute atomic E-state index is 0.288. The third-order valence-corrected chi connectivity index (χ3v) is 5.74. The molecule has 1 aromatic carbocycles. The molecule has 5 nitrogen and oxygen atoms in total. The number of aliphatic hydroxyl groups is 1. The predicted molar refractivity (Wildman–Crippen MR) is 99.4 cm³/mol. The van der Waals surface area contributed by atoms with Crippen LogP contribution in [0.4, 0.5) is 0 Å². The van der Waals surface area contributed by atoms with Crippen LogP contribution in [0.1, 0.15) is 50.5 Å². The number of rotatable bonds is 9. The summed E-state index contributed by atoms with van der Waals surface area (Å²) >= 11 is 0. The SMILES string of the molecule is OC(COCc1ccc2c(c1)OCO2)CN(CC1CC1)C1CCCCC1. The number of ether oxygens (including phenoxy) is 3. The molecule has 1 aliphatic heterocycles. The zero-order valence-electron chi connectivity index (χ0n) is 15.6.